The Kier molecular flexibility index (Phi) is 5.29. The maximum absolute atomic E-state index is 5.22. The van der Waals surface area contributed by atoms with Crippen LogP contribution in [0.1, 0.15) is 12.5 Å². The first-order chi connectivity index (χ1) is 9.74. The van der Waals surface area contributed by atoms with Gasteiger partial charge in [-0.2, -0.15) is 5.10 Å². The molecule has 2 rings (SSSR count). The van der Waals surface area contributed by atoms with Crippen LogP contribution in [0.2, 0.25) is 0 Å². The first-order valence-corrected chi connectivity index (χ1v) is 6.62. The molecule has 5 nitrogen and oxygen atoms in total. The van der Waals surface area contributed by atoms with Crippen molar-refractivity contribution in [3.05, 3.63) is 48.3 Å². The second-order valence-corrected chi connectivity index (χ2v) is 4.64. The maximum Gasteiger partial charge on any atom is 0.171 e. The van der Waals surface area contributed by atoms with E-state index in [-0.39, 0.29) is 12.3 Å². The molecule has 0 aliphatic carbocycles. The molecule has 0 bridgehead atoms. The van der Waals surface area contributed by atoms with Gasteiger partial charge in [0.15, 0.2) is 6.29 Å². The lowest BCUT2D eigenvalue weighted by atomic mass is 10.3. The van der Waals surface area contributed by atoms with Crippen LogP contribution in [0.3, 0.4) is 0 Å². The van der Waals surface area contributed by atoms with Crippen LogP contribution in [-0.4, -0.2) is 36.3 Å². The summed E-state index contributed by atoms with van der Waals surface area (Å²) in [5.41, 5.74) is 2.17. The van der Waals surface area contributed by atoms with E-state index in [0.717, 1.165) is 17.8 Å². The molecule has 1 N–H and O–H groups in total. The van der Waals surface area contributed by atoms with Gasteiger partial charge in [-0.15, -0.1) is 0 Å². The average molecular weight is 275 g/mol. The molecule has 20 heavy (non-hydrogen) atoms. The van der Waals surface area contributed by atoms with Gasteiger partial charge in [-0.25, -0.2) is 4.68 Å². The van der Waals surface area contributed by atoms with E-state index in [1.54, 1.807) is 14.2 Å². The van der Waals surface area contributed by atoms with Gasteiger partial charge in [0.05, 0.1) is 17.9 Å². The van der Waals surface area contributed by atoms with Crippen LogP contribution in [0.4, 0.5) is 0 Å². The Morgan fingerprint density at radius 1 is 1.20 bits per heavy atom. The summed E-state index contributed by atoms with van der Waals surface area (Å²) < 4.78 is 12.3. The Hall–Kier alpha value is -1.69. The summed E-state index contributed by atoms with van der Waals surface area (Å²) in [5.74, 6) is 0. The van der Waals surface area contributed by atoms with Crippen molar-refractivity contribution in [3.8, 4) is 5.69 Å². The fraction of sp³-hybridized carbons (Fsp3) is 0.400. The Labute approximate surface area is 119 Å². The van der Waals surface area contributed by atoms with E-state index in [0.29, 0.717) is 0 Å². The van der Waals surface area contributed by atoms with E-state index >= 15 is 0 Å². The van der Waals surface area contributed by atoms with Gasteiger partial charge in [0.25, 0.3) is 0 Å². The van der Waals surface area contributed by atoms with E-state index in [9.17, 15) is 0 Å². The molecule has 0 amide bonds. The van der Waals surface area contributed by atoms with Crippen molar-refractivity contribution >= 4 is 0 Å². The third kappa shape index (κ3) is 3.66. The van der Waals surface area contributed by atoms with E-state index in [1.165, 1.54) is 0 Å². The highest BCUT2D eigenvalue weighted by atomic mass is 16.7. The molecule has 0 saturated carbocycles. The van der Waals surface area contributed by atoms with Crippen molar-refractivity contribution in [3.63, 3.8) is 0 Å². The van der Waals surface area contributed by atoms with Gasteiger partial charge in [0.1, 0.15) is 0 Å². The van der Waals surface area contributed by atoms with Crippen LogP contribution < -0.4 is 5.32 Å². The Bertz CT molecular complexity index is 509. The topological polar surface area (TPSA) is 48.3 Å². The monoisotopic (exact) mass is 275 g/mol. The minimum Gasteiger partial charge on any atom is -0.354 e. The van der Waals surface area contributed by atoms with Crippen molar-refractivity contribution in [2.75, 3.05) is 14.2 Å². The highest BCUT2D eigenvalue weighted by Gasteiger charge is 2.15. The second kappa shape index (κ2) is 7.19. The summed E-state index contributed by atoms with van der Waals surface area (Å²) in [6.45, 7) is 2.75. The second-order valence-electron chi connectivity index (χ2n) is 4.64. The lowest BCUT2D eigenvalue weighted by Crippen LogP contribution is -2.39. The molecule has 1 unspecified atom stereocenters. The number of methoxy groups -OCH3 is 2. The number of nitrogens with one attached hydrogen (secondary N) is 1. The van der Waals surface area contributed by atoms with Crippen LogP contribution in [0, 0.1) is 0 Å². The van der Waals surface area contributed by atoms with Gasteiger partial charge < -0.3 is 14.8 Å². The van der Waals surface area contributed by atoms with Crippen molar-refractivity contribution in [2.24, 2.45) is 0 Å². The molecule has 1 atom stereocenters. The number of para-hydroxylation sites is 1. The van der Waals surface area contributed by atoms with Crippen molar-refractivity contribution in [2.45, 2.75) is 25.8 Å². The van der Waals surface area contributed by atoms with Crippen LogP contribution in [-0.2, 0) is 16.0 Å². The van der Waals surface area contributed by atoms with E-state index in [4.69, 9.17) is 9.47 Å². The molecule has 2 aromatic rings. The molecule has 1 aromatic carbocycles. The van der Waals surface area contributed by atoms with Crippen LogP contribution in [0.15, 0.2) is 42.7 Å². The molecule has 0 fully saturated rings. The normalized spacial score (nSPS) is 12.8. The molecule has 1 aromatic heterocycles. The molecule has 0 spiro atoms. The fourth-order valence-corrected chi connectivity index (χ4v) is 2.05. The van der Waals surface area contributed by atoms with Gasteiger partial charge in [0.2, 0.25) is 0 Å². The third-order valence-corrected chi connectivity index (χ3v) is 3.16. The summed E-state index contributed by atoms with van der Waals surface area (Å²) in [5, 5.41) is 7.73. The summed E-state index contributed by atoms with van der Waals surface area (Å²) in [6.07, 6.45) is 3.63. The lowest BCUT2D eigenvalue weighted by molar-refractivity contribution is -0.119. The van der Waals surface area contributed by atoms with Gasteiger partial charge >= 0.3 is 0 Å². The molecular weight excluding hydrogens is 254 g/mol. The van der Waals surface area contributed by atoms with Gasteiger partial charge in [-0.05, 0) is 19.1 Å². The zero-order valence-electron chi connectivity index (χ0n) is 12.1. The number of rotatable bonds is 7. The van der Waals surface area contributed by atoms with Crippen LogP contribution >= 0.6 is 0 Å². The van der Waals surface area contributed by atoms with E-state index in [2.05, 4.69) is 10.4 Å². The zero-order valence-corrected chi connectivity index (χ0v) is 12.1. The SMILES string of the molecule is COC(OC)C(C)NCc1cnn(-c2ccccc2)c1. The Balaban J connectivity index is 1.94. The Morgan fingerprint density at radius 3 is 2.55 bits per heavy atom. The van der Waals surface area contributed by atoms with E-state index < -0.39 is 0 Å². The highest BCUT2D eigenvalue weighted by Crippen LogP contribution is 2.08. The summed E-state index contributed by atoms with van der Waals surface area (Å²) in [6, 6.07) is 10.1. The lowest BCUT2D eigenvalue weighted by Gasteiger charge is -2.21. The largest absolute Gasteiger partial charge is 0.354 e. The molecule has 108 valence electrons. The van der Waals surface area contributed by atoms with Crippen LogP contribution in [0.25, 0.3) is 5.69 Å². The molecular formula is C15H21N3O2. The number of hydrogen-bond acceptors (Lipinski definition) is 4. The minimum atomic E-state index is -0.251. The predicted molar refractivity (Wildman–Crippen MR) is 77.7 cm³/mol. The van der Waals surface area contributed by atoms with Crippen molar-refractivity contribution < 1.29 is 9.47 Å². The molecule has 0 aliphatic rings. The summed E-state index contributed by atoms with van der Waals surface area (Å²) >= 11 is 0. The molecule has 5 heteroatoms. The number of nitrogens with zero attached hydrogens (tertiary/aromatic N) is 2. The standard InChI is InChI=1S/C15H21N3O2/c1-12(15(19-2)20-3)16-9-13-10-17-18(11-13)14-7-5-4-6-8-14/h4-8,10-12,15-16H,9H2,1-3H3. The maximum atomic E-state index is 5.22. The molecule has 0 radical (unpaired) electrons. The number of aromatic nitrogens is 2. The number of benzene rings is 1. The first-order valence-electron chi connectivity index (χ1n) is 6.62. The smallest absolute Gasteiger partial charge is 0.171 e. The van der Waals surface area contributed by atoms with Gasteiger partial charge in [-0.3, -0.25) is 0 Å². The molecule has 1 heterocycles. The van der Waals surface area contributed by atoms with Gasteiger partial charge in [0, 0.05) is 32.5 Å². The summed E-state index contributed by atoms with van der Waals surface area (Å²) in [4.78, 5) is 0. The fourth-order valence-electron chi connectivity index (χ4n) is 2.05. The van der Waals surface area contributed by atoms with Crippen molar-refractivity contribution in [1.29, 1.82) is 0 Å². The molecule has 0 aliphatic heterocycles. The zero-order chi connectivity index (χ0) is 14.4. The molecule has 0 saturated heterocycles. The van der Waals surface area contributed by atoms with Crippen LogP contribution in [0.5, 0.6) is 0 Å². The van der Waals surface area contributed by atoms with E-state index in [1.807, 2.05) is 54.3 Å². The number of hydrogen-bond donors (Lipinski definition) is 1. The highest BCUT2D eigenvalue weighted by molar-refractivity contribution is 5.30. The van der Waals surface area contributed by atoms with Gasteiger partial charge in [-0.1, -0.05) is 18.2 Å². The Morgan fingerprint density at radius 2 is 1.90 bits per heavy atom. The van der Waals surface area contributed by atoms with Crippen molar-refractivity contribution in [1.82, 2.24) is 15.1 Å². The first kappa shape index (κ1) is 14.7. The average Bonchev–Trinajstić information content (AvgIpc) is 2.96. The summed E-state index contributed by atoms with van der Waals surface area (Å²) in [7, 11) is 3.28. The third-order valence-electron chi connectivity index (χ3n) is 3.16. The predicted octanol–water partition coefficient (Wildman–Crippen LogP) is 1.97. The number of ether oxygens (including phenoxy) is 2. The quantitative estimate of drug-likeness (QED) is 0.785. The minimum absolute atomic E-state index is 0.102.